The van der Waals surface area contributed by atoms with E-state index < -0.39 is 0 Å². The lowest BCUT2D eigenvalue weighted by Crippen LogP contribution is -2.39. The average molecular weight is 312 g/mol. The molecule has 0 aromatic heterocycles. The van der Waals surface area contributed by atoms with E-state index in [1.165, 1.54) is 0 Å². The van der Waals surface area contributed by atoms with Gasteiger partial charge in [-0.05, 0) is 36.0 Å². The van der Waals surface area contributed by atoms with Crippen molar-refractivity contribution in [2.45, 2.75) is 19.4 Å². The van der Waals surface area contributed by atoms with Crippen molar-refractivity contribution in [3.05, 3.63) is 59.9 Å². The Kier molecular flexibility index (Phi) is 5.09. The molecule has 0 saturated carbocycles. The minimum absolute atomic E-state index is 0.237. The number of likely N-dealkylation sites (tertiary alicyclic amines) is 1. The van der Waals surface area contributed by atoms with Gasteiger partial charge in [0.2, 0.25) is 0 Å². The van der Waals surface area contributed by atoms with Crippen LogP contribution in [0.1, 0.15) is 18.4 Å². The van der Waals surface area contributed by atoms with Crippen LogP contribution >= 0.6 is 0 Å². The number of allylic oxidation sites excluding steroid dienone is 3. The quantitative estimate of drug-likeness (QED) is 0.858. The van der Waals surface area contributed by atoms with Crippen molar-refractivity contribution < 1.29 is 14.4 Å². The first kappa shape index (κ1) is 15.3. The van der Waals surface area contributed by atoms with Crippen molar-refractivity contribution in [2.24, 2.45) is 11.1 Å². The molecule has 120 valence electrons. The number of ether oxygens (including phenoxy) is 1. The second kappa shape index (κ2) is 7.63. The van der Waals surface area contributed by atoms with E-state index in [0.717, 1.165) is 24.0 Å². The number of amides is 1. The van der Waals surface area contributed by atoms with E-state index >= 15 is 0 Å². The molecule has 0 atom stereocenters. The molecule has 0 spiro atoms. The number of carbonyl (C=O) groups excluding carboxylic acids is 1. The van der Waals surface area contributed by atoms with Crippen LogP contribution in [0.5, 0.6) is 0 Å². The van der Waals surface area contributed by atoms with Crippen LogP contribution in [-0.2, 0) is 16.2 Å². The van der Waals surface area contributed by atoms with Crippen molar-refractivity contribution in [1.82, 2.24) is 4.90 Å². The van der Waals surface area contributed by atoms with Gasteiger partial charge >= 0.3 is 6.09 Å². The van der Waals surface area contributed by atoms with Gasteiger partial charge in [0.15, 0.2) is 0 Å². The van der Waals surface area contributed by atoms with Gasteiger partial charge in [-0.25, -0.2) is 4.79 Å². The van der Waals surface area contributed by atoms with Crippen LogP contribution in [0.4, 0.5) is 4.79 Å². The van der Waals surface area contributed by atoms with Crippen molar-refractivity contribution in [3.63, 3.8) is 0 Å². The van der Waals surface area contributed by atoms with E-state index in [9.17, 15) is 4.79 Å². The summed E-state index contributed by atoms with van der Waals surface area (Å²) < 4.78 is 5.38. The molecular formula is C18H20N2O3. The van der Waals surface area contributed by atoms with Gasteiger partial charge in [-0.2, -0.15) is 0 Å². The lowest BCUT2D eigenvalue weighted by molar-refractivity contribution is 0.0851. The number of hydrogen-bond acceptors (Lipinski definition) is 4. The number of hydrogen-bond donors (Lipinski definition) is 0. The molecule has 23 heavy (non-hydrogen) atoms. The molecule has 2 heterocycles. The average Bonchev–Trinajstić information content (AvgIpc) is 2.90. The summed E-state index contributed by atoms with van der Waals surface area (Å²) in [5.74, 6) is 0.406. The number of piperidine rings is 1. The first-order valence-corrected chi connectivity index (χ1v) is 7.84. The van der Waals surface area contributed by atoms with E-state index in [1.807, 2.05) is 42.5 Å². The van der Waals surface area contributed by atoms with Crippen LogP contribution in [0.3, 0.4) is 0 Å². The minimum atomic E-state index is -0.237. The molecule has 1 saturated heterocycles. The van der Waals surface area contributed by atoms with Crippen LogP contribution in [-0.4, -0.2) is 30.3 Å². The molecule has 1 aromatic rings. The Morgan fingerprint density at radius 1 is 1.26 bits per heavy atom. The summed E-state index contributed by atoms with van der Waals surface area (Å²) in [5.41, 5.74) is 2.15. The maximum Gasteiger partial charge on any atom is 0.410 e. The van der Waals surface area contributed by atoms with Crippen LogP contribution in [0.2, 0.25) is 0 Å². The zero-order valence-corrected chi connectivity index (χ0v) is 12.9. The molecule has 5 heteroatoms. The third-order valence-corrected chi connectivity index (χ3v) is 4.12. The Hall–Kier alpha value is -2.56. The molecular weight excluding hydrogens is 292 g/mol. The zero-order valence-electron chi connectivity index (χ0n) is 12.9. The van der Waals surface area contributed by atoms with E-state index in [4.69, 9.17) is 9.57 Å². The summed E-state index contributed by atoms with van der Waals surface area (Å²) in [5, 5.41) is 3.86. The van der Waals surface area contributed by atoms with Crippen molar-refractivity contribution in [3.8, 4) is 0 Å². The van der Waals surface area contributed by atoms with Gasteiger partial charge in [-0.3, -0.25) is 0 Å². The van der Waals surface area contributed by atoms with E-state index in [1.54, 1.807) is 17.4 Å². The Morgan fingerprint density at radius 3 is 2.83 bits per heavy atom. The standard InChI is InChI=1S/C18H20N2O3/c21-18(22-14-15-5-2-1-3-6-15)20-10-8-16(9-11-20)17-7-4-12-23-19-13-17/h1-7,12-13,16H,8-11,14H2. The van der Waals surface area contributed by atoms with Gasteiger partial charge < -0.3 is 14.5 Å². The lowest BCUT2D eigenvalue weighted by atomic mass is 9.89. The topological polar surface area (TPSA) is 51.1 Å². The van der Waals surface area contributed by atoms with Gasteiger partial charge in [0.05, 0.1) is 6.21 Å². The molecule has 1 aromatic carbocycles. The van der Waals surface area contributed by atoms with E-state index in [-0.39, 0.29) is 6.09 Å². The van der Waals surface area contributed by atoms with Crippen molar-refractivity contribution in [1.29, 1.82) is 0 Å². The van der Waals surface area contributed by atoms with Crippen molar-refractivity contribution >= 4 is 12.3 Å². The fourth-order valence-corrected chi connectivity index (χ4v) is 2.80. The summed E-state index contributed by atoms with van der Waals surface area (Å²) in [4.78, 5) is 18.8. The highest BCUT2D eigenvalue weighted by Gasteiger charge is 2.25. The normalized spacial score (nSPS) is 18.1. The molecule has 3 rings (SSSR count). The largest absolute Gasteiger partial charge is 0.445 e. The highest BCUT2D eigenvalue weighted by Crippen LogP contribution is 2.25. The summed E-state index contributed by atoms with van der Waals surface area (Å²) in [6.07, 6.45) is 8.76. The Balaban J connectivity index is 1.47. The maximum atomic E-state index is 12.1. The highest BCUT2D eigenvalue weighted by atomic mass is 16.6. The van der Waals surface area contributed by atoms with E-state index in [2.05, 4.69) is 5.16 Å². The monoisotopic (exact) mass is 312 g/mol. The van der Waals surface area contributed by atoms with Gasteiger partial charge in [0.25, 0.3) is 0 Å². The third-order valence-electron chi connectivity index (χ3n) is 4.12. The predicted octanol–water partition coefficient (Wildman–Crippen LogP) is 3.49. The van der Waals surface area contributed by atoms with E-state index in [0.29, 0.717) is 25.6 Å². The maximum absolute atomic E-state index is 12.1. The van der Waals surface area contributed by atoms with Crippen LogP contribution in [0.25, 0.3) is 0 Å². The molecule has 0 N–H and O–H groups in total. The molecule has 2 aliphatic rings. The highest BCUT2D eigenvalue weighted by molar-refractivity contribution is 5.79. The minimum Gasteiger partial charge on any atom is -0.445 e. The number of oxime groups is 1. The number of benzene rings is 1. The number of carbonyl (C=O) groups is 1. The van der Waals surface area contributed by atoms with Crippen LogP contribution in [0.15, 0.2) is 59.5 Å². The molecule has 1 fully saturated rings. The Morgan fingerprint density at radius 2 is 2.04 bits per heavy atom. The van der Waals surface area contributed by atoms with Crippen LogP contribution < -0.4 is 0 Å². The van der Waals surface area contributed by atoms with Gasteiger partial charge in [-0.1, -0.05) is 41.6 Å². The smallest absolute Gasteiger partial charge is 0.410 e. The summed E-state index contributed by atoms with van der Waals surface area (Å²) >= 11 is 0. The third kappa shape index (κ3) is 4.22. The molecule has 2 aliphatic heterocycles. The molecule has 0 aliphatic carbocycles. The SMILES string of the molecule is O=C(OCc1ccccc1)N1CCC(C2=CC=CON=C2)CC1. The van der Waals surface area contributed by atoms with Gasteiger partial charge in [-0.15, -0.1) is 0 Å². The first-order valence-electron chi connectivity index (χ1n) is 7.84. The van der Waals surface area contributed by atoms with Gasteiger partial charge in [0.1, 0.15) is 12.9 Å². The molecule has 5 nitrogen and oxygen atoms in total. The summed E-state index contributed by atoms with van der Waals surface area (Å²) in [6, 6.07) is 9.73. The second-order valence-corrected chi connectivity index (χ2v) is 5.64. The Bertz CT molecular complexity index is 614. The lowest BCUT2D eigenvalue weighted by Gasteiger charge is -2.31. The molecule has 1 amide bonds. The number of rotatable bonds is 3. The Labute approximate surface area is 135 Å². The fraction of sp³-hybridized carbons (Fsp3) is 0.333. The molecule has 0 unspecified atom stereocenters. The predicted molar refractivity (Wildman–Crippen MR) is 87.7 cm³/mol. The zero-order chi connectivity index (χ0) is 15.9. The van der Waals surface area contributed by atoms with Crippen molar-refractivity contribution in [2.75, 3.05) is 13.1 Å². The number of nitrogens with zero attached hydrogens (tertiary/aromatic N) is 2. The fourth-order valence-electron chi connectivity index (χ4n) is 2.80. The molecule has 0 bridgehead atoms. The summed E-state index contributed by atoms with van der Waals surface area (Å²) in [6.45, 7) is 1.72. The summed E-state index contributed by atoms with van der Waals surface area (Å²) in [7, 11) is 0. The van der Waals surface area contributed by atoms with Gasteiger partial charge in [0, 0.05) is 13.1 Å². The molecule has 0 radical (unpaired) electrons. The van der Waals surface area contributed by atoms with Crippen LogP contribution in [0, 0.1) is 5.92 Å². The first-order chi connectivity index (χ1) is 11.3. The second-order valence-electron chi connectivity index (χ2n) is 5.64.